The molecule has 0 fully saturated rings. The summed E-state index contributed by atoms with van der Waals surface area (Å²) < 4.78 is 0. The number of anilines is 1. The van der Waals surface area contributed by atoms with Gasteiger partial charge in [0, 0.05) is 12.1 Å². The van der Waals surface area contributed by atoms with E-state index in [1.807, 2.05) is 26.8 Å². The van der Waals surface area contributed by atoms with Gasteiger partial charge in [0.1, 0.15) is 11.7 Å². The first kappa shape index (κ1) is 10.5. The lowest BCUT2D eigenvalue weighted by molar-refractivity contribution is 1.10. The molecule has 14 heavy (non-hydrogen) atoms. The zero-order valence-corrected chi connectivity index (χ0v) is 8.81. The van der Waals surface area contributed by atoms with Crippen molar-refractivity contribution in [1.29, 1.82) is 5.41 Å². The Kier molecular flexibility index (Phi) is 3.06. The van der Waals surface area contributed by atoms with Gasteiger partial charge in [-0.15, -0.1) is 0 Å². The highest BCUT2D eigenvalue weighted by Gasteiger charge is 2.08. The minimum Gasteiger partial charge on any atom is -0.384 e. The van der Waals surface area contributed by atoms with Crippen LogP contribution in [0.15, 0.2) is 6.07 Å². The fourth-order valence-corrected chi connectivity index (χ4v) is 1.51. The van der Waals surface area contributed by atoms with Crippen molar-refractivity contribution in [2.24, 2.45) is 5.73 Å². The number of hydrogen-bond acceptors (Lipinski definition) is 3. The fourth-order valence-electron chi connectivity index (χ4n) is 1.51. The Morgan fingerprint density at radius 3 is 2.64 bits per heavy atom. The average molecular weight is 192 g/mol. The maximum absolute atomic E-state index is 7.41. The highest BCUT2D eigenvalue weighted by atomic mass is 15.0. The SMILES string of the molecule is CCNc1cc(C)c(C(=N)N)c(C)n1. The molecule has 0 amide bonds. The van der Waals surface area contributed by atoms with Crippen LogP contribution in [0.3, 0.4) is 0 Å². The summed E-state index contributed by atoms with van der Waals surface area (Å²) in [5.74, 6) is 0.919. The van der Waals surface area contributed by atoms with Crippen LogP contribution in [0.1, 0.15) is 23.7 Å². The van der Waals surface area contributed by atoms with Crippen LogP contribution in [0.4, 0.5) is 5.82 Å². The summed E-state index contributed by atoms with van der Waals surface area (Å²) in [5, 5.41) is 10.5. The van der Waals surface area contributed by atoms with Crippen molar-refractivity contribution >= 4 is 11.7 Å². The fraction of sp³-hybridized carbons (Fsp3) is 0.400. The molecule has 4 N–H and O–H groups in total. The number of nitrogen functional groups attached to an aromatic ring is 1. The van der Waals surface area contributed by atoms with Crippen molar-refractivity contribution in [3.8, 4) is 0 Å². The van der Waals surface area contributed by atoms with E-state index >= 15 is 0 Å². The lowest BCUT2D eigenvalue weighted by Crippen LogP contribution is -2.16. The van der Waals surface area contributed by atoms with E-state index < -0.39 is 0 Å². The Morgan fingerprint density at radius 2 is 2.21 bits per heavy atom. The normalized spacial score (nSPS) is 9.93. The molecule has 1 rings (SSSR count). The highest BCUT2D eigenvalue weighted by molar-refractivity contribution is 5.97. The Morgan fingerprint density at radius 1 is 1.57 bits per heavy atom. The van der Waals surface area contributed by atoms with Gasteiger partial charge in [0.05, 0.1) is 5.69 Å². The summed E-state index contributed by atoms with van der Waals surface area (Å²) >= 11 is 0. The van der Waals surface area contributed by atoms with Crippen LogP contribution in [-0.2, 0) is 0 Å². The molecule has 0 bridgehead atoms. The number of hydrogen-bond donors (Lipinski definition) is 3. The van der Waals surface area contributed by atoms with Crippen molar-refractivity contribution < 1.29 is 0 Å². The monoisotopic (exact) mass is 192 g/mol. The molecule has 0 atom stereocenters. The van der Waals surface area contributed by atoms with Crippen LogP contribution in [0.25, 0.3) is 0 Å². The van der Waals surface area contributed by atoms with Crippen LogP contribution in [0.5, 0.6) is 0 Å². The van der Waals surface area contributed by atoms with Gasteiger partial charge in [0.15, 0.2) is 0 Å². The van der Waals surface area contributed by atoms with Crippen LogP contribution in [0.2, 0.25) is 0 Å². The molecule has 0 unspecified atom stereocenters. The van der Waals surface area contributed by atoms with Gasteiger partial charge < -0.3 is 11.1 Å². The first-order chi connectivity index (χ1) is 6.56. The second kappa shape index (κ2) is 4.09. The third-order valence-electron chi connectivity index (χ3n) is 2.02. The summed E-state index contributed by atoms with van der Waals surface area (Å²) in [6.45, 7) is 6.66. The predicted octanol–water partition coefficient (Wildman–Crippen LogP) is 1.41. The summed E-state index contributed by atoms with van der Waals surface area (Å²) in [7, 11) is 0. The van der Waals surface area contributed by atoms with Gasteiger partial charge >= 0.3 is 0 Å². The van der Waals surface area contributed by atoms with E-state index in [2.05, 4.69) is 10.3 Å². The van der Waals surface area contributed by atoms with Crippen LogP contribution in [0, 0.1) is 19.3 Å². The number of nitrogens with two attached hydrogens (primary N) is 1. The van der Waals surface area contributed by atoms with Crippen LogP contribution < -0.4 is 11.1 Å². The van der Waals surface area contributed by atoms with Gasteiger partial charge in [0.25, 0.3) is 0 Å². The van der Waals surface area contributed by atoms with Gasteiger partial charge in [-0.1, -0.05) is 0 Å². The lowest BCUT2D eigenvalue weighted by Gasteiger charge is -2.10. The Balaban J connectivity index is 3.18. The quantitative estimate of drug-likeness (QED) is 0.500. The molecule has 0 aliphatic heterocycles. The molecule has 0 saturated heterocycles. The van der Waals surface area contributed by atoms with Gasteiger partial charge in [-0.05, 0) is 32.4 Å². The number of nitrogens with one attached hydrogen (secondary N) is 2. The van der Waals surface area contributed by atoms with Crippen molar-refractivity contribution in [3.63, 3.8) is 0 Å². The molecule has 76 valence electrons. The molecule has 0 aromatic carbocycles. The molecule has 0 saturated carbocycles. The van der Waals surface area contributed by atoms with Gasteiger partial charge in [-0.3, -0.25) is 5.41 Å². The molecule has 0 aliphatic rings. The topological polar surface area (TPSA) is 74.8 Å². The third-order valence-corrected chi connectivity index (χ3v) is 2.02. The largest absolute Gasteiger partial charge is 0.384 e. The average Bonchev–Trinajstić information content (AvgIpc) is 2.01. The smallest absolute Gasteiger partial charge is 0.126 e. The van der Waals surface area contributed by atoms with Crippen molar-refractivity contribution in [2.45, 2.75) is 20.8 Å². The Labute approximate surface area is 84.1 Å². The molecule has 0 radical (unpaired) electrons. The molecule has 0 spiro atoms. The van der Waals surface area contributed by atoms with Crippen molar-refractivity contribution in [2.75, 3.05) is 11.9 Å². The van der Waals surface area contributed by atoms with E-state index in [9.17, 15) is 0 Å². The van der Waals surface area contributed by atoms with E-state index in [1.54, 1.807) is 0 Å². The molecule has 1 heterocycles. The molecular formula is C10H16N4. The van der Waals surface area contributed by atoms with Gasteiger partial charge in [-0.2, -0.15) is 0 Å². The first-order valence-electron chi connectivity index (χ1n) is 4.62. The van der Waals surface area contributed by atoms with E-state index in [4.69, 9.17) is 11.1 Å². The van der Waals surface area contributed by atoms with Crippen molar-refractivity contribution in [3.05, 3.63) is 22.9 Å². The second-order valence-corrected chi connectivity index (χ2v) is 3.23. The third kappa shape index (κ3) is 2.02. The summed E-state index contributed by atoms with van der Waals surface area (Å²) in [4.78, 5) is 4.31. The Bertz CT molecular complexity index is 334. The van der Waals surface area contributed by atoms with E-state index in [-0.39, 0.29) is 5.84 Å². The zero-order chi connectivity index (χ0) is 10.7. The summed E-state index contributed by atoms with van der Waals surface area (Å²) in [6, 6.07) is 1.91. The lowest BCUT2D eigenvalue weighted by atomic mass is 10.1. The van der Waals surface area contributed by atoms with E-state index in [1.165, 1.54) is 0 Å². The first-order valence-corrected chi connectivity index (χ1v) is 4.62. The minimum atomic E-state index is 0.0792. The molecule has 4 heteroatoms. The molecule has 1 aromatic rings. The van der Waals surface area contributed by atoms with Crippen LogP contribution >= 0.6 is 0 Å². The summed E-state index contributed by atoms with van der Waals surface area (Å²) in [6.07, 6.45) is 0. The van der Waals surface area contributed by atoms with E-state index in [0.717, 1.165) is 29.2 Å². The molecule has 4 nitrogen and oxygen atoms in total. The zero-order valence-electron chi connectivity index (χ0n) is 8.81. The molecule has 0 aliphatic carbocycles. The van der Waals surface area contributed by atoms with Crippen molar-refractivity contribution in [1.82, 2.24) is 4.98 Å². The van der Waals surface area contributed by atoms with Crippen LogP contribution in [-0.4, -0.2) is 17.4 Å². The summed E-state index contributed by atoms with van der Waals surface area (Å²) in [5.41, 5.74) is 7.99. The number of aromatic nitrogens is 1. The maximum Gasteiger partial charge on any atom is 0.126 e. The number of nitrogens with zero attached hydrogens (tertiary/aromatic N) is 1. The maximum atomic E-state index is 7.41. The number of aryl methyl sites for hydroxylation is 2. The minimum absolute atomic E-state index is 0.0792. The number of rotatable bonds is 3. The predicted molar refractivity (Wildman–Crippen MR) is 58.9 cm³/mol. The molecular weight excluding hydrogens is 176 g/mol. The number of amidine groups is 1. The Hall–Kier alpha value is -1.58. The van der Waals surface area contributed by atoms with Gasteiger partial charge in [0.2, 0.25) is 0 Å². The number of pyridine rings is 1. The van der Waals surface area contributed by atoms with E-state index in [0.29, 0.717) is 0 Å². The van der Waals surface area contributed by atoms with Gasteiger partial charge in [-0.25, -0.2) is 4.98 Å². The standard InChI is InChI=1S/C10H16N4/c1-4-13-8-5-6(2)9(10(11)12)7(3)14-8/h5H,4H2,1-3H3,(H3,11,12)(H,13,14). The highest BCUT2D eigenvalue weighted by Crippen LogP contribution is 2.15. The molecule has 1 aromatic heterocycles. The second-order valence-electron chi connectivity index (χ2n) is 3.23.